The molecule has 0 spiro atoms. The number of aryl methyl sites for hydroxylation is 1. The molecule has 2 nitrogen and oxygen atoms in total. The molecule has 2 rings (SSSR count). The van der Waals surface area contributed by atoms with Gasteiger partial charge in [-0.1, -0.05) is 12.0 Å². The fourth-order valence-corrected chi connectivity index (χ4v) is 2.44. The molecule has 2 unspecified atom stereocenters. The van der Waals surface area contributed by atoms with Gasteiger partial charge >= 0.3 is 0 Å². The molecule has 0 aromatic heterocycles. The van der Waals surface area contributed by atoms with Crippen LogP contribution >= 0.6 is 0 Å². The van der Waals surface area contributed by atoms with Crippen molar-refractivity contribution in [1.82, 2.24) is 5.32 Å². The molecule has 1 N–H and O–H groups in total. The van der Waals surface area contributed by atoms with Crippen LogP contribution in [0.25, 0.3) is 0 Å². The molecule has 2 heteroatoms. The number of hydrogen-bond donors (Lipinski definition) is 1. The van der Waals surface area contributed by atoms with Crippen LogP contribution in [0.2, 0.25) is 0 Å². The summed E-state index contributed by atoms with van der Waals surface area (Å²) in [5, 5.41) is 3.49. The van der Waals surface area contributed by atoms with E-state index in [2.05, 4.69) is 23.4 Å². The van der Waals surface area contributed by atoms with Gasteiger partial charge in [-0.2, -0.15) is 0 Å². The molecule has 1 aromatic rings. The van der Waals surface area contributed by atoms with Gasteiger partial charge in [-0.15, -0.1) is 6.42 Å². The average molecular weight is 229 g/mol. The van der Waals surface area contributed by atoms with E-state index in [1.807, 2.05) is 13.0 Å². The quantitative estimate of drug-likeness (QED) is 0.805. The number of methoxy groups -OCH3 is 1. The molecule has 0 saturated carbocycles. The molecule has 17 heavy (non-hydrogen) atoms. The summed E-state index contributed by atoms with van der Waals surface area (Å²) in [6.45, 7) is 2.03. The van der Waals surface area contributed by atoms with Crippen LogP contribution in [0.1, 0.15) is 36.9 Å². The lowest BCUT2D eigenvalue weighted by Gasteiger charge is -2.28. The molecule has 0 saturated heterocycles. The van der Waals surface area contributed by atoms with Crippen LogP contribution in [0, 0.1) is 12.3 Å². The van der Waals surface area contributed by atoms with E-state index in [-0.39, 0.29) is 6.04 Å². The lowest BCUT2D eigenvalue weighted by molar-refractivity contribution is 0.409. The highest BCUT2D eigenvalue weighted by atomic mass is 16.5. The fourth-order valence-electron chi connectivity index (χ4n) is 2.44. The number of terminal acetylenes is 1. The largest absolute Gasteiger partial charge is 0.497 e. The molecular formula is C15H19NO. The number of hydrogen-bond acceptors (Lipinski definition) is 2. The van der Waals surface area contributed by atoms with Crippen molar-refractivity contribution < 1.29 is 4.74 Å². The first kappa shape index (κ1) is 12.0. The Morgan fingerprint density at radius 1 is 1.53 bits per heavy atom. The minimum absolute atomic E-state index is 0.119. The second-order valence-corrected chi connectivity index (χ2v) is 4.56. The van der Waals surface area contributed by atoms with Gasteiger partial charge in [-0.3, -0.25) is 5.32 Å². The van der Waals surface area contributed by atoms with Crippen molar-refractivity contribution in [3.8, 4) is 18.1 Å². The molecule has 0 fully saturated rings. The summed E-state index contributed by atoms with van der Waals surface area (Å²) in [5.74, 6) is 3.67. The van der Waals surface area contributed by atoms with Crippen molar-refractivity contribution >= 4 is 0 Å². The molecule has 0 heterocycles. The monoisotopic (exact) mass is 229 g/mol. The number of nitrogens with one attached hydrogen (secondary N) is 1. The van der Waals surface area contributed by atoms with Crippen molar-refractivity contribution in [2.45, 2.75) is 38.3 Å². The van der Waals surface area contributed by atoms with Crippen LogP contribution < -0.4 is 10.1 Å². The van der Waals surface area contributed by atoms with Crippen molar-refractivity contribution in [3.63, 3.8) is 0 Å². The zero-order chi connectivity index (χ0) is 12.3. The molecule has 90 valence electrons. The Labute approximate surface area is 103 Å². The first-order valence-corrected chi connectivity index (χ1v) is 6.13. The predicted octanol–water partition coefficient (Wildman–Crippen LogP) is 2.68. The van der Waals surface area contributed by atoms with Crippen LogP contribution in [0.5, 0.6) is 5.75 Å². The SMILES string of the molecule is C#CC(C)NC1CCCc2cc(OC)ccc21. The Morgan fingerprint density at radius 2 is 2.35 bits per heavy atom. The van der Waals surface area contributed by atoms with E-state index in [9.17, 15) is 0 Å². The standard InChI is InChI=1S/C15H19NO/c1-4-11(2)16-15-7-5-6-12-10-13(17-3)8-9-14(12)15/h1,8-11,15-16H,5-7H2,2-3H3. The summed E-state index contributed by atoms with van der Waals surface area (Å²) >= 11 is 0. The lowest BCUT2D eigenvalue weighted by atomic mass is 9.87. The summed E-state index contributed by atoms with van der Waals surface area (Å²) in [5.41, 5.74) is 2.76. The van der Waals surface area contributed by atoms with Crippen LogP contribution in [0.3, 0.4) is 0 Å². The molecule has 0 bridgehead atoms. The summed E-state index contributed by atoms with van der Waals surface area (Å²) < 4.78 is 5.27. The number of ether oxygens (including phenoxy) is 1. The van der Waals surface area contributed by atoms with E-state index in [1.54, 1.807) is 7.11 Å². The van der Waals surface area contributed by atoms with Gasteiger partial charge in [0.1, 0.15) is 5.75 Å². The molecule has 1 aliphatic carbocycles. The second-order valence-electron chi connectivity index (χ2n) is 4.56. The van der Waals surface area contributed by atoms with E-state index in [0.29, 0.717) is 6.04 Å². The van der Waals surface area contributed by atoms with E-state index in [1.165, 1.54) is 17.5 Å². The van der Waals surface area contributed by atoms with E-state index in [0.717, 1.165) is 18.6 Å². The third kappa shape index (κ3) is 2.62. The Hall–Kier alpha value is -1.46. The van der Waals surface area contributed by atoms with Gasteiger partial charge in [0.15, 0.2) is 0 Å². The van der Waals surface area contributed by atoms with Crippen LogP contribution in [0.15, 0.2) is 18.2 Å². The summed E-state index contributed by atoms with van der Waals surface area (Å²) in [6.07, 6.45) is 8.92. The van der Waals surface area contributed by atoms with E-state index < -0.39 is 0 Å². The van der Waals surface area contributed by atoms with Crippen molar-refractivity contribution in [2.75, 3.05) is 7.11 Å². The third-order valence-corrected chi connectivity index (χ3v) is 3.37. The first-order valence-electron chi connectivity index (χ1n) is 6.13. The highest BCUT2D eigenvalue weighted by molar-refractivity contribution is 5.39. The van der Waals surface area contributed by atoms with E-state index in [4.69, 9.17) is 11.2 Å². The summed E-state index contributed by atoms with van der Waals surface area (Å²) in [4.78, 5) is 0. The molecule has 1 aliphatic rings. The predicted molar refractivity (Wildman–Crippen MR) is 70.1 cm³/mol. The molecule has 1 aromatic carbocycles. The summed E-state index contributed by atoms with van der Waals surface area (Å²) in [6, 6.07) is 6.83. The van der Waals surface area contributed by atoms with Gasteiger partial charge in [0, 0.05) is 6.04 Å². The highest BCUT2D eigenvalue weighted by Gasteiger charge is 2.21. The van der Waals surface area contributed by atoms with Crippen LogP contribution in [0.4, 0.5) is 0 Å². The van der Waals surface area contributed by atoms with E-state index >= 15 is 0 Å². The van der Waals surface area contributed by atoms with Gasteiger partial charge in [0.25, 0.3) is 0 Å². The first-order chi connectivity index (χ1) is 8.24. The lowest BCUT2D eigenvalue weighted by Crippen LogP contribution is -2.31. The Kier molecular flexibility index (Phi) is 3.71. The third-order valence-electron chi connectivity index (χ3n) is 3.37. The highest BCUT2D eigenvalue weighted by Crippen LogP contribution is 2.32. The van der Waals surface area contributed by atoms with Crippen LogP contribution in [-0.4, -0.2) is 13.2 Å². The maximum atomic E-state index is 5.42. The fraction of sp³-hybridized carbons (Fsp3) is 0.467. The van der Waals surface area contributed by atoms with Gasteiger partial charge in [-0.25, -0.2) is 0 Å². The average Bonchev–Trinajstić information content (AvgIpc) is 2.38. The molecule has 0 aliphatic heterocycles. The van der Waals surface area contributed by atoms with Crippen LogP contribution in [-0.2, 0) is 6.42 Å². The minimum atomic E-state index is 0.119. The number of fused-ring (bicyclic) bond motifs is 1. The zero-order valence-corrected chi connectivity index (χ0v) is 10.5. The van der Waals surface area contributed by atoms with Gasteiger partial charge in [0.05, 0.1) is 13.2 Å². The normalized spacial score (nSPS) is 20.2. The topological polar surface area (TPSA) is 21.3 Å². The van der Waals surface area contributed by atoms with Gasteiger partial charge in [0.2, 0.25) is 0 Å². The Morgan fingerprint density at radius 3 is 3.06 bits per heavy atom. The van der Waals surface area contributed by atoms with Gasteiger partial charge < -0.3 is 4.74 Å². The summed E-state index contributed by atoms with van der Waals surface area (Å²) in [7, 11) is 1.71. The number of rotatable bonds is 3. The smallest absolute Gasteiger partial charge is 0.119 e. The van der Waals surface area contributed by atoms with Crippen molar-refractivity contribution in [1.29, 1.82) is 0 Å². The second kappa shape index (κ2) is 5.25. The molecule has 2 atom stereocenters. The maximum absolute atomic E-state index is 5.42. The maximum Gasteiger partial charge on any atom is 0.119 e. The van der Waals surface area contributed by atoms with Crippen molar-refractivity contribution in [3.05, 3.63) is 29.3 Å². The minimum Gasteiger partial charge on any atom is -0.497 e. The molecule has 0 amide bonds. The Balaban J connectivity index is 2.23. The number of benzene rings is 1. The zero-order valence-electron chi connectivity index (χ0n) is 10.5. The molecular weight excluding hydrogens is 210 g/mol. The molecule has 0 radical (unpaired) electrons. The van der Waals surface area contributed by atoms with Crippen molar-refractivity contribution in [2.24, 2.45) is 0 Å². The Bertz CT molecular complexity index is 433. The van der Waals surface area contributed by atoms with Gasteiger partial charge in [-0.05, 0) is 49.4 Å².